The van der Waals surface area contributed by atoms with Gasteiger partial charge in [0.05, 0.1) is 19.8 Å². The third-order valence-corrected chi connectivity index (χ3v) is 5.22. The van der Waals surface area contributed by atoms with Gasteiger partial charge in [-0.3, -0.25) is 0 Å². The summed E-state index contributed by atoms with van der Waals surface area (Å²) in [5, 5.41) is 69.7. The lowest BCUT2D eigenvalue weighted by Gasteiger charge is -2.45. The average Bonchev–Trinajstić information content (AvgIpc) is 2.77. The highest BCUT2D eigenvalue weighted by molar-refractivity contribution is 5.13. The summed E-state index contributed by atoms with van der Waals surface area (Å²) in [6, 6.07) is 9.07. The van der Waals surface area contributed by atoms with E-state index in [0.29, 0.717) is 0 Å². The molecule has 2 saturated heterocycles. The Labute approximate surface area is 172 Å². The van der Waals surface area contributed by atoms with Crippen LogP contribution in [0.5, 0.6) is 0 Å². The summed E-state index contributed by atoms with van der Waals surface area (Å²) < 4.78 is 21.8. The van der Waals surface area contributed by atoms with Crippen molar-refractivity contribution in [3.05, 3.63) is 35.9 Å². The number of hydrogen-bond acceptors (Lipinski definition) is 11. The number of hydrogen-bond donors (Lipinski definition) is 7. The van der Waals surface area contributed by atoms with Gasteiger partial charge in [0, 0.05) is 0 Å². The summed E-state index contributed by atoms with van der Waals surface area (Å²) in [6.07, 6.45) is -14.7. The van der Waals surface area contributed by atoms with Crippen LogP contribution in [-0.4, -0.2) is 110 Å². The summed E-state index contributed by atoms with van der Waals surface area (Å²) in [7, 11) is 0. The number of rotatable bonds is 7. The molecule has 0 unspecified atom stereocenters. The van der Waals surface area contributed by atoms with Crippen molar-refractivity contribution in [2.24, 2.45) is 0 Å². The van der Waals surface area contributed by atoms with Crippen LogP contribution in [0, 0.1) is 0 Å². The Hall–Kier alpha value is -1.22. The van der Waals surface area contributed by atoms with E-state index in [1.165, 1.54) is 0 Å². The molecule has 7 N–H and O–H groups in total. The maximum Gasteiger partial charge on any atom is 0.187 e. The monoisotopic (exact) mass is 432 g/mol. The highest BCUT2D eigenvalue weighted by Crippen LogP contribution is 2.29. The molecule has 0 bridgehead atoms. The van der Waals surface area contributed by atoms with Crippen LogP contribution in [0.15, 0.2) is 30.3 Å². The van der Waals surface area contributed by atoms with Crippen molar-refractivity contribution in [3.8, 4) is 0 Å². The molecule has 0 aliphatic carbocycles. The van der Waals surface area contributed by atoms with Gasteiger partial charge in [0.25, 0.3) is 0 Å². The van der Waals surface area contributed by atoms with Crippen LogP contribution in [-0.2, 0) is 25.6 Å². The van der Waals surface area contributed by atoms with E-state index in [2.05, 4.69) is 0 Å². The Morgan fingerprint density at radius 1 is 0.700 bits per heavy atom. The lowest BCUT2D eigenvalue weighted by Crippen LogP contribution is -2.64. The van der Waals surface area contributed by atoms with E-state index >= 15 is 0 Å². The van der Waals surface area contributed by atoms with Crippen molar-refractivity contribution in [2.45, 2.75) is 68.0 Å². The van der Waals surface area contributed by atoms with Gasteiger partial charge in [-0.15, -0.1) is 0 Å². The normalized spacial score (nSPS) is 42.2. The molecule has 10 atom stereocenters. The van der Waals surface area contributed by atoms with E-state index < -0.39 is 74.6 Å². The molecule has 2 fully saturated rings. The van der Waals surface area contributed by atoms with Crippen LogP contribution in [0.3, 0.4) is 0 Å². The van der Waals surface area contributed by atoms with Crippen LogP contribution in [0.25, 0.3) is 0 Å². The van der Waals surface area contributed by atoms with E-state index in [-0.39, 0.29) is 6.61 Å². The van der Waals surface area contributed by atoms with Gasteiger partial charge in [-0.1, -0.05) is 30.3 Å². The predicted octanol–water partition coefficient (Wildman–Crippen LogP) is -3.17. The van der Waals surface area contributed by atoms with Crippen molar-refractivity contribution < 1.29 is 54.7 Å². The largest absolute Gasteiger partial charge is 0.394 e. The molecule has 1 aromatic carbocycles. The molecule has 0 aromatic heterocycles. The molecule has 11 heteroatoms. The topological polar surface area (TPSA) is 179 Å². The molecule has 0 spiro atoms. The molecular weight excluding hydrogens is 404 g/mol. The van der Waals surface area contributed by atoms with Crippen molar-refractivity contribution in [2.75, 3.05) is 13.2 Å². The van der Waals surface area contributed by atoms with Crippen LogP contribution >= 0.6 is 0 Å². The SMILES string of the molecule is OC[C@H]1O[C@@H](O[C@H]2[C@H](O)[C@@H](O)[C@H](OCc3ccccc3)O[C@@H]2CO)[C@H](O)[C@@H](O)[C@H]1O. The van der Waals surface area contributed by atoms with Crippen molar-refractivity contribution in [3.63, 3.8) is 0 Å². The zero-order chi connectivity index (χ0) is 21.8. The van der Waals surface area contributed by atoms with Gasteiger partial charge in [-0.05, 0) is 5.56 Å². The fourth-order valence-electron chi connectivity index (χ4n) is 3.45. The smallest absolute Gasteiger partial charge is 0.187 e. The van der Waals surface area contributed by atoms with E-state index in [1.54, 1.807) is 12.1 Å². The molecule has 2 aliphatic heterocycles. The Morgan fingerprint density at radius 2 is 1.30 bits per heavy atom. The predicted molar refractivity (Wildman–Crippen MR) is 97.6 cm³/mol. The van der Waals surface area contributed by atoms with E-state index in [9.17, 15) is 35.7 Å². The second-order valence-electron chi connectivity index (χ2n) is 7.30. The Bertz CT molecular complexity index is 643. The second kappa shape index (κ2) is 10.4. The summed E-state index contributed by atoms with van der Waals surface area (Å²) in [4.78, 5) is 0. The first-order valence-electron chi connectivity index (χ1n) is 9.61. The van der Waals surface area contributed by atoms with Gasteiger partial charge >= 0.3 is 0 Å². The van der Waals surface area contributed by atoms with E-state index in [4.69, 9.17) is 18.9 Å². The van der Waals surface area contributed by atoms with Gasteiger partial charge in [0.15, 0.2) is 12.6 Å². The maximum atomic E-state index is 10.5. The fourth-order valence-corrected chi connectivity index (χ4v) is 3.45. The second-order valence-corrected chi connectivity index (χ2v) is 7.30. The lowest BCUT2D eigenvalue weighted by atomic mass is 9.97. The quantitative estimate of drug-likeness (QED) is 0.231. The number of aliphatic hydroxyl groups is 7. The Morgan fingerprint density at radius 3 is 1.93 bits per heavy atom. The zero-order valence-electron chi connectivity index (χ0n) is 16.0. The molecule has 2 heterocycles. The summed E-state index contributed by atoms with van der Waals surface area (Å²) >= 11 is 0. The Balaban J connectivity index is 1.66. The Kier molecular flexibility index (Phi) is 8.12. The molecular formula is C19H28O11. The fraction of sp³-hybridized carbons (Fsp3) is 0.684. The summed E-state index contributed by atoms with van der Waals surface area (Å²) in [6.45, 7) is -1.18. The average molecular weight is 432 g/mol. The van der Waals surface area contributed by atoms with E-state index in [0.717, 1.165) is 5.56 Å². The van der Waals surface area contributed by atoms with Crippen molar-refractivity contribution in [1.82, 2.24) is 0 Å². The van der Waals surface area contributed by atoms with Gasteiger partial charge in [-0.2, -0.15) is 0 Å². The van der Waals surface area contributed by atoms with Gasteiger partial charge in [0.1, 0.15) is 48.8 Å². The van der Waals surface area contributed by atoms with Crippen LogP contribution in [0.4, 0.5) is 0 Å². The first-order chi connectivity index (χ1) is 14.4. The zero-order valence-corrected chi connectivity index (χ0v) is 16.0. The van der Waals surface area contributed by atoms with Crippen LogP contribution in [0.2, 0.25) is 0 Å². The third kappa shape index (κ3) is 4.98. The maximum absolute atomic E-state index is 10.5. The molecule has 0 radical (unpaired) electrons. The molecule has 3 rings (SSSR count). The molecule has 30 heavy (non-hydrogen) atoms. The minimum Gasteiger partial charge on any atom is -0.394 e. The minimum absolute atomic E-state index is 0.0890. The van der Waals surface area contributed by atoms with Gasteiger partial charge in [0.2, 0.25) is 0 Å². The van der Waals surface area contributed by atoms with Crippen LogP contribution in [0.1, 0.15) is 5.56 Å². The van der Waals surface area contributed by atoms with Gasteiger partial charge < -0.3 is 54.7 Å². The van der Waals surface area contributed by atoms with Crippen LogP contribution < -0.4 is 0 Å². The van der Waals surface area contributed by atoms with Gasteiger partial charge in [-0.25, -0.2) is 0 Å². The lowest BCUT2D eigenvalue weighted by molar-refractivity contribution is -0.360. The molecule has 170 valence electrons. The number of benzene rings is 1. The molecule has 0 saturated carbocycles. The summed E-state index contributed by atoms with van der Waals surface area (Å²) in [5.74, 6) is 0. The molecule has 11 nitrogen and oxygen atoms in total. The number of ether oxygens (including phenoxy) is 4. The minimum atomic E-state index is -1.71. The molecule has 2 aliphatic rings. The summed E-state index contributed by atoms with van der Waals surface area (Å²) in [5.41, 5.74) is 0.808. The number of aliphatic hydroxyl groups excluding tert-OH is 7. The molecule has 0 amide bonds. The van der Waals surface area contributed by atoms with Crippen molar-refractivity contribution >= 4 is 0 Å². The van der Waals surface area contributed by atoms with Crippen molar-refractivity contribution in [1.29, 1.82) is 0 Å². The molecule has 1 aromatic rings. The highest BCUT2D eigenvalue weighted by Gasteiger charge is 2.50. The first-order valence-corrected chi connectivity index (χ1v) is 9.61. The van der Waals surface area contributed by atoms with E-state index in [1.807, 2.05) is 18.2 Å². The highest BCUT2D eigenvalue weighted by atomic mass is 16.7. The third-order valence-electron chi connectivity index (χ3n) is 5.22. The first kappa shape index (κ1) is 23.4. The standard InChI is InChI=1S/C19H28O11/c20-6-10-12(22)13(23)15(25)19(28-10)30-17-11(7-21)29-18(16(26)14(17)24)27-8-9-4-2-1-3-5-9/h1-5,10-26H,6-8H2/t10-,11-,12+,13+,14-,15-,16-,17-,18-,19+/m1/s1.